The molecule has 3 aromatic carbocycles. The standard InChI is InChI=1S/C31H25F6N5O3S/c1-18-3-4-21(14-45-16-30(32,33)34)26(11-18)42-27(43)15-46-29(42)40-28(44)39-24-10-5-20(12-19(24)2)25-13-41(17-38-25)23-8-6-22(7-9-23)31(35,36)37/h3-13,17H,14-16H2,1-2H3,(H,39,44). The predicted molar refractivity (Wildman–Crippen MR) is 162 cm³/mol. The highest BCUT2D eigenvalue weighted by Gasteiger charge is 2.33. The minimum Gasteiger partial charge on any atom is -0.367 e. The van der Waals surface area contributed by atoms with E-state index in [0.717, 1.165) is 29.5 Å². The van der Waals surface area contributed by atoms with Crippen LogP contribution >= 0.6 is 11.8 Å². The Morgan fingerprint density at radius 3 is 2.43 bits per heavy atom. The number of halogens is 6. The zero-order chi connectivity index (χ0) is 33.2. The molecule has 5 rings (SSSR count). The summed E-state index contributed by atoms with van der Waals surface area (Å²) in [4.78, 5) is 35.4. The molecule has 1 N–H and O–H groups in total. The summed E-state index contributed by atoms with van der Waals surface area (Å²) in [6.07, 6.45) is -5.80. The number of urea groups is 1. The number of thioether (sulfide) groups is 1. The first kappa shape index (κ1) is 32.8. The summed E-state index contributed by atoms with van der Waals surface area (Å²) in [6, 6.07) is 13.9. The summed E-state index contributed by atoms with van der Waals surface area (Å²) >= 11 is 1.02. The lowest BCUT2D eigenvalue weighted by atomic mass is 10.1. The van der Waals surface area contributed by atoms with Crippen molar-refractivity contribution in [1.29, 1.82) is 0 Å². The Kier molecular flexibility index (Phi) is 9.26. The Hall–Kier alpha value is -4.63. The van der Waals surface area contributed by atoms with Crippen molar-refractivity contribution in [2.45, 2.75) is 32.8 Å². The number of nitrogens with zero attached hydrogens (tertiary/aromatic N) is 4. The molecule has 1 aliphatic heterocycles. The lowest BCUT2D eigenvalue weighted by Gasteiger charge is -2.21. The highest BCUT2D eigenvalue weighted by atomic mass is 32.2. The Bertz CT molecular complexity index is 1800. The van der Waals surface area contributed by atoms with E-state index in [1.807, 2.05) is 0 Å². The van der Waals surface area contributed by atoms with Crippen LogP contribution in [0.1, 0.15) is 22.3 Å². The number of imidazole rings is 1. The number of aryl methyl sites for hydroxylation is 2. The zero-order valence-corrected chi connectivity index (χ0v) is 25.1. The van der Waals surface area contributed by atoms with Crippen LogP contribution in [0.5, 0.6) is 0 Å². The first-order chi connectivity index (χ1) is 21.7. The Morgan fingerprint density at radius 2 is 1.76 bits per heavy atom. The molecular weight excluding hydrogens is 636 g/mol. The van der Waals surface area contributed by atoms with E-state index in [-0.39, 0.29) is 16.6 Å². The number of aromatic nitrogens is 2. The van der Waals surface area contributed by atoms with Crippen LogP contribution in [-0.4, -0.2) is 45.2 Å². The smallest absolute Gasteiger partial charge is 0.367 e. The lowest BCUT2D eigenvalue weighted by Crippen LogP contribution is -2.31. The molecule has 1 aliphatic rings. The third kappa shape index (κ3) is 7.77. The van der Waals surface area contributed by atoms with Crippen molar-refractivity contribution in [2.24, 2.45) is 4.99 Å². The van der Waals surface area contributed by atoms with Crippen molar-refractivity contribution in [1.82, 2.24) is 9.55 Å². The van der Waals surface area contributed by atoms with E-state index in [9.17, 15) is 35.9 Å². The van der Waals surface area contributed by atoms with E-state index >= 15 is 0 Å². The van der Waals surface area contributed by atoms with Gasteiger partial charge in [-0.2, -0.15) is 31.3 Å². The normalized spacial score (nSPS) is 14.7. The number of alkyl halides is 6. The molecule has 0 radical (unpaired) electrons. The summed E-state index contributed by atoms with van der Waals surface area (Å²) in [5.74, 6) is -0.411. The van der Waals surface area contributed by atoms with Gasteiger partial charge in [0.2, 0.25) is 5.91 Å². The van der Waals surface area contributed by atoms with E-state index in [1.165, 1.54) is 23.4 Å². The first-order valence-electron chi connectivity index (χ1n) is 13.6. The fraction of sp³-hybridized carbons (Fsp3) is 0.226. The van der Waals surface area contributed by atoms with Crippen molar-refractivity contribution in [3.05, 3.63) is 95.4 Å². The van der Waals surface area contributed by atoms with Crippen molar-refractivity contribution < 1.29 is 40.7 Å². The average molecular weight is 662 g/mol. The van der Waals surface area contributed by atoms with Gasteiger partial charge < -0.3 is 14.6 Å². The van der Waals surface area contributed by atoms with E-state index in [4.69, 9.17) is 4.74 Å². The summed E-state index contributed by atoms with van der Waals surface area (Å²) in [5, 5.41) is 2.75. The maximum Gasteiger partial charge on any atom is 0.416 e. The van der Waals surface area contributed by atoms with Gasteiger partial charge in [0.15, 0.2) is 5.17 Å². The Labute approximate surface area is 263 Å². The second kappa shape index (κ2) is 13.0. The van der Waals surface area contributed by atoms with E-state index < -0.39 is 43.1 Å². The second-order valence-electron chi connectivity index (χ2n) is 10.3. The number of hydrogen-bond donors (Lipinski definition) is 1. The van der Waals surface area contributed by atoms with E-state index in [0.29, 0.717) is 33.8 Å². The molecule has 46 heavy (non-hydrogen) atoms. The zero-order valence-electron chi connectivity index (χ0n) is 24.2. The quantitative estimate of drug-likeness (QED) is 0.203. The fourth-order valence-corrected chi connectivity index (χ4v) is 5.45. The molecule has 0 spiro atoms. The largest absolute Gasteiger partial charge is 0.416 e. The highest BCUT2D eigenvalue weighted by Crippen LogP contribution is 2.33. The van der Waals surface area contributed by atoms with E-state index in [2.05, 4.69) is 15.3 Å². The summed E-state index contributed by atoms with van der Waals surface area (Å²) in [5.41, 5.74) is 3.41. The minimum absolute atomic E-state index is 0.0181. The van der Waals surface area contributed by atoms with Gasteiger partial charge in [0, 0.05) is 28.7 Å². The molecule has 0 saturated carbocycles. The van der Waals surface area contributed by atoms with Crippen LogP contribution in [0, 0.1) is 13.8 Å². The second-order valence-corrected chi connectivity index (χ2v) is 11.3. The van der Waals surface area contributed by atoms with Crippen LogP contribution in [0.15, 0.2) is 78.2 Å². The van der Waals surface area contributed by atoms with Gasteiger partial charge in [-0.1, -0.05) is 30.0 Å². The Balaban J connectivity index is 1.30. The number of carbonyl (C=O) groups excluding carboxylic acids is 2. The summed E-state index contributed by atoms with van der Waals surface area (Å²) < 4.78 is 83.0. The van der Waals surface area contributed by atoms with Crippen LogP contribution in [0.2, 0.25) is 0 Å². The van der Waals surface area contributed by atoms with Crippen molar-refractivity contribution in [2.75, 3.05) is 22.6 Å². The predicted octanol–water partition coefficient (Wildman–Crippen LogP) is 7.92. The number of amides is 3. The van der Waals surface area contributed by atoms with Crippen LogP contribution in [0.4, 0.5) is 42.5 Å². The molecule has 0 atom stereocenters. The molecule has 1 saturated heterocycles. The highest BCUT2D eigenvalue weighted by molar-refractivity contribution is 8.15. The number of amidine groups is 1. The van der Waals surface area contributed by atoms with Gasteiger partial charge in [-0.3, -0.25) is 9.69 Å². The number of anilines is 2. The molecular formula is C31H25F6N5O3S. The van der Waals surface area contributed by atoms with Crippen LogP contribution in [0.3, 0.4) is 0 Å². The van der Waals surface area contributed by atoms with Gasteiger partial charge in [0.05, 0.1) is 35.6 Å². The van der Waals surface area contributed by atoms with Crippen molar-refractivity contribution in [3.8, 4) is 16.9 Å². The maximum absolute atomic E-state index is 13.0. The number of nitrogens with one attached hydrogen (secondary N) is 1. The number of rotatable bonds is 7. The fourth-order valence-electron chi connectivity index (χ4n) is 4.59. The Morgan fingerprint density at radius 1 is 1.02 bits per heavy atom. The number of carbonyl (C=O) groups is 2. The molecule has 0 aliphatic carbocycles. The van der Waals surface area contributed by atoms with Gasteiger partial charge in [-0.05, 0) is 67.4 Å². The third-order valence-electron chi connectivity index (χ3n) is 6.81. The molecule has 240 valence electrons. The monoisotopic (exact) mass is 661 g/mol. The first-order valence-corrected chi connectivity index (χ1v) is 14.6. The molecule has 15 heteroatoms. The topological polar surface area (TPSA) is 88.8 Å². The van der Waals surface area contributed by atoms with Gasteiger partial charge in [-0.25, -0.2) is 9.78 Å². The minimum atomic E-state index is -4.51. The van der Waals surface area contributed by atoms with Crippen LogP contribution in [0.25, 0.3) is 16.9 Å². The molecule has 1 fully saturated rings. The molecule has 2 heterocycles. The number of benzene rings is 3. The van der Waals surface area contributed by atoms with Gasteiger partial charge >= 0.3 is 18.4 Å². The molecule has 1 aromatic heterocycles. The van der Waals surface area contributed by atoms with Crippen molar-refractivity contribution >= 4 is 40.2 Å². The number of hydrogen-bond acceptors (Lipinski definition) is 5. The van der Waals surface area contributed by atoms with Crippen molar-refractivity contribution in [3.63, 3.8) is 0 Å². The van der Waals surface area contributed by atoms with Gasteiger partial charge in [0.25, 0.3) is 0 Å². The van der Waals surface area contributed by atoms with Crippen LogP contribution in [-0.2, 0) is 22.3 Å². The maximum atomic E-state index is 13.0. The molecule has 0 unspecified atom stereocenters. The van der Waals surface area contributed by atoms with Gasteiger partial charge in [-0.15, -0.1) is 0 Å². The number of ether oxygens (including phenoxy) is 1. The van der Waals surface area contributed by atoms with Crippen LogP contribution < -0.4 is 10.2 Å². The molecule has 4 aromatic rings. The summed E-state index contributed by atoms with van der Waals surface area (Å²) in [7, 11) is 0. The SMILES string of the molecule is Cc1ccc(COCC(F)(F)F)c(N2C(=O)CSC2=NC(=O)Nc2ccc(-c3cn(-c4ccc(C(F)(F)F)cc4)cn3)cc2C)c1. The molecule has 3 amide bonds. The number of aliphatic imine (C=N–C) groups is 1. The molecule has 8 nitrogen and oxygen atoms in total. The van der Waals surface area contributed by atoms with Gasteiger partial charge in [0.1, 0.15) is 6.61 Å². The third-order valence-corrected chi connectivity index (χ3v) is 7.73. The van der Waals surface area contributed by atoms with E-state index in [1.54, 1.807) is 61.0 Å². The molecule has 0 bridgehead atoms. The lowest BCUT2D eigenvalue weighted by molar-refractivity contribution is -0.176. The summed E-state index contributed by atoms with van der Waals surface area (Å²) in [6.45, 7) is 1.65. The average Bonchev–Trinajstić information content (AvgIpc) is 3.61.